The SMILES string of the molecule is CC1CCC(C(C)C)C(C[C@H](Cc2ccccc2)NC(=O)[C@H](C)N)(C(N)=O)C1.Cl. The van der Waals surface area contributed by atoms with Crippen molar-refractivity contribution in [3.8, 4) is 0 Å². The molecule has 1 aliphatic carbocycles. The Morgan fingerprint density at radius 3 is 2.31 bits per heavy atom. The van der Waals surface area contributed by atoms with E-state index < -0.39 is 11.5 Å². The van der Waals surface area contributed by atoms with Gasteiger partial charge in [-0.15, -0.1) is 12.4 Å². The van der Waals surface area contributed by atoms with E-state index in [0.29, 0.717) is 24.7 Å². The number of primary amides is 1. The molecule has 1 aliphatic rings. The molecule has 164 valence electrons. The fourth-order valence-electron chi connectivity index (χ4n) is 5.05. The van der Waals surface area contributed by atoms with E-state index in [0.717, 1.165) is 24.8 Å². The highest BCUT2D eigenvalue weighted by molar-refractivity contribution is 5.85. The van der Waals surface area contributed by atoms with Gasteiger partial charge in [-0.3, -0.25) is 9.59 Å². The molecule has 29 heavy (non-hydrogen) atoms. The number of carbonyl (C=O) groups excluding carboxylic acids is 2. The van der Waals surface area contributed by atoms with Gasteiger partial charge in [0.2, 0.25) is 11.8 Å². The molecule has 0 saturated heterocycles. The molecule has 1 aromatic carbocycles. The fourth-order valence-corrected chi connectivity index (χ4v) is 5.05. The van der Waals surface area contributed by atoms with Crippen LogP contribution in [-0.2, 0) is 16.0 Å². The van der Waals surface area contributed by atoms with E-state index in [2.05, 4.69) is 26.1 Å². The lowest BCUT2D eigenvalue weighted by Crippen LogP contribution is -2.54. The van der Waals surface area contributed by atoms with Crippen molar-refractivity contribution >= 4 is 24.2 Å². The van der Waals surface area contributed by atoms with Gasteiger partial charge in [0.15, 0.2) is 0 Å². The van der Waals surface area contributed by atoms with Crippen LogP contribution in [0.4, 0.5) is 0 Å². The largest absolute Gasteiger partial charge is 0.369 e. The molecule has 2 rings (SSSR count). The number of nitrogens with one attached hydrogen (secondary N) is 1. The predicted octanol–water partition coefficient (Wildman–Crippen LogP) is 3.44. The first kappa shape index (κ1) is 25.4. The number of benzene rings is 1. The summed E-state index contributed by atoms with van der Waals surface area (Å²) in [5.74, 6) is 0.619. The van der Waals surface area contributed by atoms with Gasteiger partial charge in [-0.2, -0.15) is 0 Å². The summed E-state index contributed by atoms with van der Waals surface area (Å²) >= 11 is 0. The first-order valence-corrected chi connectivity index (χ1v) is 10.6. The van der Waals surface area contributed by atoms with Crippen LogP contribution >= 0.6 is 12.4 Å². The predicted molar refractivity (Wildman–Crippen MR) is 121 cm³/mol. The summed E-state index contributed by atoms with van der Waals surface area (Å²) in [6, 6.07) is 9.28. The van der Waals surface area contributed by atoms with E-state index in [4.69, 9.17) is 11.5 Å². The van der Waals surface area contributed by atoms with Crippen molar-refractivity contribution in [2.24, 2.45) is 34.6 Å². The Labute approximate surface area is 181 Å². The summed E-state index contributed by atoms with van der Waals surface area (Å²) in [4.78, 5) is 25.2. The molecule has 3 unspecified atom stereocenters. The van der Waals surface area contributed by atoms with Crippen molar-refractivity contribution in [1.29, 1.82) is 0 Å². The summed E-state index contributed by atoms with van der Waals surface area (Å²) in [6.07, 6.45) is 4.12. The van der Waals surface area contributed by atoms with Gasteiger partial charge in [0.25, 0.3) is 0 Å². The topological polar surface area (TPSA) is 98.2 Å². The van der Waals surface area contributed by atoms with Crippen molar-refractivity contribution in [3.05, 3.63) is 35.9 Å². The van der Waals surface area contributed by atoms with Crippen molar-refractivity contribution in [3.63, 3.8) is 0 Å². The Balaban J connectivity index is 0.00000420. The maximum Gasteiger partial charge on any atom is 0.236 e. The molecule has 0 spiro atoms. The van der Waals surface area contributed by atoms with Gasteiger partial charge in [0.05, 0.1) is 11.5 Å². The molecule has 5 atom stereocenters. The minimum Gasteiger partial charge on any atom is -0.369 e. The standard InChI is InChI=1S/C23H37N3O2.ClH/c1-15(2)20-11-10-16(3)13-23(20,22(25)28)14-19(26-21(27)17(4)24)12-18-8-6-5-7-9-18;/h5-9,15-17,19-20H,10-14,24H2,1-4H3,(H2,25,28)(H,26,27);1H/t16?,17-,19-,20?,23?;/m0./s1. The molecule has 1 aromatic rings. The second-order valence-electron chi connectivity index (χ2n) is 9.15. The zero-order valence-corrected chi connectivity index (χ0v) is 19.0. The molecule has 1 saturated carbocycles. The Morgan fingerprint density at radius 1 is 1.17 bits per heavy atom. The van der Waals surface area contributed by atoms with Crippen LogP contribution in [-0.4, -0.2) is 23.9 Å². The van der Waals surface area contributed by atoms with Crippen LogP contribution in [0.5, 0.6) is 0 Å². The number of hydrogen-bond donors (Lipinski definition) is 3. The van der Waals surface area contributed by atoms with Crippen LogP contribution in [0.2, 0.25) is 0 Å². The number of rotatable bonds is 8. The summed E-state index contributed by atoms with van der Waals surface area (Å²) in [7, 11) is 0. The van der Waals surface area contributed by atoms with E-state index in [9.17, 15) is 9.59 Å². The number of carbonyl (C=O) groups is 2. The van der Waals surface area contributed by atoms with Crippen LogP contribution in [0.3, 0.4) is 0 Å². The molecule has 5 N–H and O–H groups in total. The molecule has 0 radical (unpaired) electrons. The highest BCUT2D eigenvalue weighted by Gasteiger charge is 2.49. The van der Waals surface area contributed by atoms with Crippen LogP contribution in [0.25, 0.3) is 0 Å². The second-order valence-corrected chi connectivity index (χ2v) is 9.15. The Bertz CT molecular complexity index is 665. The molecule has 2 amide bonds. The number of nitrogens with two attached hydrogens (primary N) is 2. The average molecular weight is 424 g/mol. The van der Waals surface area contributed by atoms with E-state index in [1.165, 1.54) is 0 Å². The number of amides is 2. The summed E-state index contributed by atoms with van der Waals surface area (Å²) in [5, 5.41) is 3.09. The molecule has 1 fully saturated rings. The van der Waals surface area contributed by atoms with Crippen LogP contribution < -0.4 is 16.8 Å². The Morgan fingerprint density at radius 2 is 1.79 bits per heavy atom. The zero-order chi connectivity index (χ0) is 20.9. The van der Waals surface area contributed by atoms with E-state index in [1.54, 1.807) is 6.92 Å². The summed E-state index contributed by atoms with van der Waals surface area (Å²) < 4.78 is 0. The van der Waals surface area contributed by atoms with Gasteiger partial charge in [-0.1, -0.05) is 57.5 Å². The minimum atomic E-state index is -0.601. The molecule has 0 aromatic heterocycles. The maximum atomic E-state index is 12.8. The van der Waals surface area contributed by atoms with E-state index in [-0.39, 0.29) is 36.2 Å². The number of hydrogen-bond acceptors (Lipinski definition) is 3. The molecule has 0 heterocycles. The third-order valence-corrected chi connectivity index (χ3v) is 6.38. The maximum absolute atomic E-state index is 12.8. The molecular weight excluding hydrogens is 386 g/mol. The van der Waals surface area contributed by atoms with Crippen LogP contribution in [0.1, 0.15) is 58.9 Å². The van der Waals surface area contributed by atoms with Gasteiger partial charge < -0.3 is 16.8 Å². The van der Waals surface area contributed by atoms with Gasteiger partial charge in [0, 0.05) is 6.04 Å². The van der Waals surface area contributed by atoms with Crippen molar-refractivity contribution in [1.82, 2.24) is 5.32 Å². The van der Waals surface area contributed by atoms with Crippen molar-refractivity contribution < 1.29 is 9.59 Å². The van der Waals surface area contributed by atoms with Gasteiger partial charge in [-0.25, -0.2) is 0 Å². The molecular formula is C23H38ClN3O2. The quantitative estimate of drug-likeness (QED) is 0.597. The molecule has 5 nitrogen and oxygen atoms in total. The lowest BCUT2D eigenvalue weighted by atomic mass is 9.57. The van der Waals surface area contributed by atoms with E-state index >= 15 is 0 Å². The third kappa shape index (κ3) is 6.45. The number of halogens is 1. The van der Waals surface area contributed by atoms with Gasteiger partial charge in [0.1, 0.15) is 0 Å². The van der Waals surface area contributed by atoms with Crippen LogP contribution in [0, 0.1) is 23.2 Å². The highest BCUT2D eigenvalue weighted by atomic mass is 35.5. The Kier molecular flexibility index (Phi) is 9.63. The fraction of sp³-hybridized carbons (Fsp3) is 0.652. The highest BCUT2D eigenvalue weighted by Crippen LogP contribution is 2.50. The third-order valence-electron chi connectivity index (χ3n) is 6.38. The monoisotopic (exact) mass is 423 g/mol. The van der Waals surface area contributed by atoms with Gasteiger partial charge >= 0.3 is 0 Å². The smallest absolute Gasteiger partial charge is 0.236 e. The van der Waals surface area contributed by atoms with E-state index in [1.807, 2.05) is 30.3 Å². The van der Waals surface area contributed by atoms with Crippen molar-refractivity contribution in [2.75, 3.05) is 0 Å². The van der Waals surface area contributed by atoms with Crippen molar-refractivity contribution in [2.45, 2.75) is 71.9 Å². The first-order valence-electron chi connectivity index (χ1n) is 10.6. The lowest BCUT2D eigenvalue weighted by Gasteiger charge is -2.48. The Hall–Kier alpha value is -1.59. The summed E-state index contributed by atoms with van der Waals surface area (Å²) in [6.45, 7) is 8.22. The van der Waals surface area contributed by atoms with Crippen LogP contribution in [0.15, 0.2) is 30.3 Å². The lowest BCUT2D eigenvalue weighted by molar-refractivity contribution is -0.138. The molecule has 0 aliphatic heterocycles. The second kappa shape index (κ2) is 11.0. The zero-order valence-electron chi connectivity index (χ0n) is 18.2. The minimum absolute atomic E-state index is 0. The van der Waals surface area contributed by atoms with Gasteiger partial charge in [-0.05, 0) is 55.9 Å². The molecule has 6 heteroatoms. The average Bonchev–Trinajstić information content (AvgIpc) is 2.61. The first-order chi connectivity index (χ1) is 13.2. The normalized spacial score (nSPS) is 26.3. The molecule has 0 bridgehead atoms. The summed E-state index contributed by atoms with van der Waals surface area (Å²) in [5.41, 5.74) is 12.4.